The molecule has 0 aromatic carbocycles. The number of aromatic nitrogens is 8. The number of nitrogens with zero attached hydrogens (tertiary/aromatic N) is 7. The molecule has 7 heterocycles. The van der Waals surface area contributed by atoms with Crippen LogP contribution in [0.2, 0.25) is 0 Å². The van der Waals surface area contributed by atoms with Gasteiger partial charge in [0.05, 0.1) is 25.4 Å². The Morgan fingerprint density at radius 1 is 1.17 bits per heavy atom. The number of nitrogens with two attached hydrogens (primary N) is 2. The summed E-state index contributed by atoms with van der Waals surface area (Å²) < 4.78 is 55.7. The summed E-state index contributed by atoms with van der Waals surface area (Å²) in [5.74, 6) is -0.754. The molecule has 3 unspecified atom stereocenters. The standard InChI is InChI=1S/C21H24FN10O7PS2/c22-9-7-1-2-36-20-12(33)13(19(42-20)32-6-28-11-16(32)29-21(24)30-17(11)34)39-40(35,41)37-3-8(7)38-18(9)31-5-27-10-14(23)25-4-26-15(10)31/h4-9,12-13,18-20,33H,1-3H2,(H,35,41)(H2,23,25,26)(H3,24,29,30,34)/t7-,8?,9+,12+,13-,18-,19-,20?,40?/m1/s1. The molecule has 42 heavy (non-hydrogen) atoms. The van der Waals surface area contributed by atoms with E-state index in [0.717, 1.165) is 11.8 Å². The number of ether oxygens (including phenoxy) is 2. The van der Waals surface area contributed by atoms with Crippen LogP contribution >= 0.6 is 30.8 Å². The molecule has 0 spiro atoms. The first-order valence-electron chi connectivity index (χ1n) is 12.7. The quantitative estimate of drug-likeness (QED) is 0.150. The molecule has 0 radical (unpaired) electrons. The van der Waals surface area contributed by atoms with Gasteiger partial charge in [0.25, 0.3) is 5.56 Å². The highest BCUT2D eigenvalue weighted by molar-refractivity contribution is 8.44. The summed E-state index contributed by atoms with van der Waals surface area (Å²) in [6.45, 7) is -4.47. The Hall–Kier alpha value is -2.84. The molecular formula is C21H24FN10O7PS2. The largest absolute Gasteiger partial charge is 0.387 e. The zero-order chi connectivity index (χ0) is 29.3. The number of rotatable bonds is 2. The summed E-state index contributed by atoms with van der Waals surface area (Å²) in [7, 11) is 0. The molecular weight excluding hydrogens is 618 g/mol. The molecule has 3 aliphatic heterocycles. The zero-order valence-corrected chi connectivity index (χ0v) is 23.9. The lowest BCUT2D eigenvalue weighted by molar-refractivity contribution is -0.0583. The highest BCUT2D eigenvalue weighted by atomic mass is 32.7. The lowest BCUT2D eigenvalue weighted by atomic mass is 9.96. The van der Waals surface area contributed by atoms with Gasteiger partial charge in [0, 0.05) is 12.5 Å². The number of aliphatic hydroxyl groups is 1. The number of alkyl halides is 1. The van der Waals surface area contributed by atoms with Crippen LogP contribution in [-0.2, 0) is 23.1 Å². The van der Waals surface area contributed by atoms with E-state index in [2.05, 4.69) is 42.2 Å². The summed E-state index contributed by atoms with van der Waals surface area (Å²) in [6.07, 6.45) is -1.94. The highest BCUT2D eigenvalue weighted by Crippen LogP contribution is 2.59. The van der Waals surface area contributed by atoms with Gasteiger partial charge in [0.15, 0.2) is 35.0 Å². The number of hydrogen-bond acceptors (Lipinski definition) is 15. The molecule has 2 bridgehead atoms. The number of halogens is 1. The first kappa shape index (κ1) is 28.0. The van der Waals surface area contributed by atoms with E-state index >= 15 is 4.39 Å². The summed E-state index contributed by atoms with van der Waals surface area (Å²) >= 11 is 5.25. The molecule has 3 saturated heterocycles. The SMILES string of the molecule is Nc1nc2c(ncn2[C@@H]2SC3OCC[C@@H]4C(COP(=O)(S)O[C@@H]2[C@@H]3O)O[C@@H](n2cnc3c(N)ncnc32)[C@H]4F)c(=O)[nH]1. The second-order valence-electron chi connectivity index (χ2n) is 9.91. The molecule has 21 heteroatoms. The van der Waals surface area contributed by atoms with Crippen molar-refractivity contribution in [2.24, 2.45) is 5.92 Å². The van der Waals surface area contributed by atoms with E-state index in [0.29, 0.717) is 11.2 Å². The molecule has 4 aromatic heterocycles. The Kier molecular flexibility index (Phi) is 6.93. The van der Waals surface area contributed by atoms with Crippen LogP contribution in [0.1, 0.15) is 18.0 Å². The maximum absolute atomic E-state index is 16.0. The van der Waals surface area contributed by atoms with Crippen LogP contribution in [0.3, 0.4) is 0 Å². The second kappa shape index (κ2) is 10.4. The second-order valence-corrected chi connectivity index (χ2v) is 14.0. The molecule has 0 saturated carbocycles. The van der Waals surface area contributed by atoms with E-state index < -0.39 is 59.8 Å². The third kappa shape index (κ3) is 4.66. The van der Waals surface area contributed by atoms with Gasteiger partial charge in [-0.1, -0.05) is 24.0 Å². The van der Waals surface area contributed by atoms with E-state index in [9.17, 15) is 14.5 Å². The van der Waals surface area contributed by atoms with Crippen molar-refractivity contribution < 1.29 is 32.6 Å². The van der Waals surface area contributed by atoms with Crippen LogP contribution in [0.25, 0.3) is 22.3 Å². The predicted octanol–water partition coefficient (Wildman–Crippen LogP) is 0.768. The lowest BCUT2D eigenvalue weighted by Gasteiger charge is -2.27. The first-order valence-corrected chi connectivity index (χ1v) is 16.3. The van der Waals surface area contributed by atoms with E-state index in [4.69, 9.17) is 30.0 Å². The Morgan fingerprint density at radius 3 is 2.79 bits per heavy atom. The smallest absolute Gasteiger partial charge is 0.386 e. The zero-order valence-electron chi connectivity index (χ0n) is 21.3. The van der Waals surface area contributed by atoms with Crippen molar-refractivity contribution in [3.63, 3.8) is 0 Å². The van der Waals surface area contributed by atoms with E-state index in [1.165, 1.54) is 28.1 Å². The van der Waals surface area contributed by atoms with Crippen LogP contribution in [-0.4, -0.2) is 87.3 Å². The van der Waals surface area contributed by atoms with Crippen LogP contribution < -0.4 is 17.0 Å². The van der Waals surface area contributed by atoms with Crippen LogP contribution in [0.15, 0.2) is 23.8 Å². The number of fused-ring (bicyclic) bond motifs is 5. The van der Waals surface area contributed by atoms with E-state index in [1.54, 1.807) is 0 Å². The molecule has 4 aromatic rings. The fraction of sp³-hybridized carbons (Fsp3) is 0.524. The number of aliphatic hydroxyl groups excluding tert-OH is 1. The van der Waals surface area contributed by atoms with Crippen molar-refractivity contribution in [1.82, 2.24) is 39.0 Å². The van der Waals surface area contributed by atoms with Gasteiger partial charge in [-0.3, -0.25) is 28.0 Å². The number of hydrogen-bond donors (Lipinski definition) is 5. The van der Waals surface area contributed by atoms with Gasteiger partial charge in [0.2, 0.25) is 5.95 Å². The number of thioether (sulfide) groups is 1. The topological polar surface area (TPSA) is 233 Å². The minimum atomic E-state index is -4.17. The maximum Gasteiger partial charge on any atom is 0.386 e. The van der Waals surface area contributed by atoms with Gasteiger partial charge in [-0.2, -0.15) is 4.98 Å². The van der Waals surface area contributed by atoms with Crippen LogP contribution in [0.5, 0.6) is 0 Å². The van der Waals surface area contributed by atoms with E-state index in [1.807, 2.05) is 0 Å². The molecule has 0 amide bonds. The van der Waals surface area contributed by atoms with Crippen LogP contribution in [0.4, 0.5) is 16.2 Å². The van der Waals surface area contributed by atoms with Gasteiger partial charge < -0.3 is 26.0 Å². The van der Waals surface area contributed by atoms with Crippen molar-refractivity contribution in [3.05, 3.63) is 29.3 Å². The third-order valence-electron chi connectivity index (χ3n) is 7.42. The predicted molar refractivity (Wildman–Crippen MR) is 149 cm³/mol. The molecule has 9 atom stereocenters. The number of thiol groups is 1. The molecule has 224 valence electrons. The van der Waals surface area contributed by atoms with Gasteiger partial charge in [-0.25, -0.2) is 28.9 Å². The van der Waals surface area contributed by atoms with Crippen LogP contribution in [0, 0.1) is 5.92 Å². The van der Waals surface area contributed by atoms with Gasteiger partial charge in [0.1, 0.15) is 34.9 Å². The Morgan fingerprint density at radius 2 is 1.95 bits per heavy atom. The molecule has 17 nitrogen and oxygen atoms in total. The molecule has 6 N–H and O–H groups in total. The summed E-state index contributed by atoms with van der Waals surface area (Å²) in [6, 6.07) is 0. The average Bonchev–Trinajstić information content (AvgIpc) is 3.69. The summed E-state index contributed by atoms with van der Waals surface area (Å²) in [5.41, 5.74) is 10.9. The summed E-state index contributed by atoms with van der Waals surface area (Å²) in [5, 5.41) is 10.3. The fourth-order valence-corrected chi connectivity index (χ4v) is 8.43. The average molecular weight is 643 g/mol. The van der Waals surface area contributed by atoms with Crippen molar-refractivity contribution in [2.45, 2.75) is 47.9 Å². The maximum atomic E-state index is 16.0. The normalized spacial score (nSPS) is 35.7. The van der Waals surface area contributed by atoms with Crippen molar-refractivity contribution in [2.75, 3.05) is 24.7 Å². The highest BCUT2D eigenvalue weighted by Gasteiger charge is 2.52. The monoisotopic (exact) mass is 642 g/mol. The van der Waals surface area contributed by atoms with Crippen molar-refractivity contribution in [1.29, 1.82) is 0 Å². The minimum absolute atomic E-state index is 0.0129. The number of H-pyrrole nitrogens is 1. The number of nitrogens with one attached hydrogen (secondary N) is 1. The fourth-order valence-electron chi connectivity index (χ4n) is 5.45. The van der Waals surface area contributed by atoms with Crippen molar-refractivity contribution in [3.8, 4) is 0 Å². The number of imidazole rings is 2. The lowest BCUT2D eigenvalue weighted by Crippen LogP contribution is -2.36. The molecule has 7 rings (SSSR count). The minimum Gasteiger partial charge on any atom is -0.387 e. The number of nitrogen functional groups attached to an aromatic ring is 2. The number of anilines is 2. The Labute approximate surface area is 244 Å². The van der Waals surface area contributed by atoms with Gasteiger partial charge in [-0.05, 0) is 6.42 Å². The summed E-state index contributed by atoms with van der Waals surface area (Å²) in [4.78, 5) is 35.2. The van der Waals surface area contributed by atoms with E-state index in [-0.39, 0.29) is 42.6 Å². The molecule has 3 fully saturated rings. The Bertz CT molecular complexity index is 1770. The Balaban J connectivity index is 1.17. The molecule has 3 aliphatic rings. The number of aromatic amines is 1. The third-order valence-corrected chi connectivity index (χ3v) is 10.5. The van der Waals surface area contributed by atoms with Gasteiger partial charge >= 0.3 is 6.80 Å². The van der Waals surface area contributed by atoms with Gasteiger partial charge in [-0.15, -0.1) is 0 Å². The molecule has 0 aliphatic carbocycles. The first-order chi connectivity index (χ1) is 20.1. The van der Waals surface area contributed by atoms with Crippen molar-refractivity contribution >= 4 is 64.9 Å².